The Morgan fingerprint density at radius 2 is 1.91 bits per heavy atom. The van der Waals surface area contributed by atoms with E-state index in [9.17, 15) is 9.18 Å². The SMILES string of the molecule is Cc1nn(C)c2nc(-c3ccccc3)cc(C(=O)OCc3ccc(F)c4cccnc34)c12. The van der Waals surface area contributed by atoms with Crippen LogP contribution in [-0.2, 0) is 18.4 Å². The summed E-state index contributed by atoms with van der Waals surface area (Å²) in [4.78, 5) is 22.2. The van der Waals surface area contributed by atoms with Crippen LogP contribution in [0.25, 0.3) is 33.2 Å². The number of hydrogen-bond donors (Lipinski definition) is 0. The van der Waals surface area contributed by atoms with Crippen LogP contribution >= 0.6 is 0 Å². The van der Waals surface area contributed by atoms with Gasteiger partial charge in [0.2, 0.25) is 0 Å². The van der Waals surface area contributed by atoms with Crippen molar-refractivity contribution < 1.29 is 13.9 Å². The summed E-state index contributed by atoms with van der Waals surface area (Å²) >= 11 is 0. The van der Waals surface area contributed by atoms with Crippen LogP contribution in [0, 0.1) is 12.7 Å². The number of esters is 1. The number of carbonyl (C=O) groups excluding carboxylic acids is 1. The average molecular weight is 426 g/mol. The van der Waals surface area contributed by atoms with Gasteiger partial charge in [-0.05, 0) is 31.2 Å². The molecule has 0 spiro atoms. The Balaban J connectivity index is 1.54. The molecule has 3 aromatic heterocycles. The monoisotopic (exact) mass is 426 g/mol. The Morgan fingerprint density at radius 1 is 1.09 bits per heavy atom. The Hall–Kier alpha value is -4.13. The maximum absolute atomic E-state index is 14.1. The fourth-order valence-electron chi connectivity index (χ4n) is 3.90. The minimum atomic E-state index is -0.501. The molecule has 0 amide bonds. The first kappa shape index (κ1) is 19.8. The van der Waals surface area contributed by atoms with Gasteiger partial charge in [-0.2, -0.15) is 5.10 Å². The van der Waals surface area contributed by atoms with Crippen molar-refractivity contribution in [2.45, 2.75) is 13.5 Å². The van der Waals surface area contributed by atoms with Crippen molar-refractivity contribution in [2.24, 2.45) is 7.05 Å². The van der Waals surface area contributed by atoms with E-state index in [1.165, 1.54) is 6.07 Å². The molecule has 0 radical (unpaired) electrons. The fraction of sp³-hybridized carbons (Fsp3) is 0.120. The summed E-state index contributed by atoms with van der Waals surface area (Å²) in [7, 11) is 1.79. The third kappa shape index (κ3) is 3.37. The van der Waals surface area contributed by atoms with E-state index < -0.39 is 5.97 Å². The lowest BCUT2D eigenvalue weighted by Crippen LogP contribution is -2.08. The molecule has 0 aliphatic rings. The molecule has 3 heterocycles. The number of aryl methyl sites for hydroxylation is 2. The number of pyridine rings is 2. The number of rotatable bonds is 4. The van der Waals surface area contributed by atoms with Crippen LogP contribution < -0.4 is 0 Å². The molecular formula is C25H19FN4O2. The largest absolute Gasteiger partial charge is 0.457 e. The molecule has 0 fully saturated rings. The van der Waals surface area contributed by atoms with E-state index in [-0.39, 0.29) is 12.4 Å². The zero-order chi connectivity index (χ0) is 22.2. The lowest BCUT2D eigenvalue weighted by Gasteiger charge is -2.10. The summed E-state index contributed by atoms with van der Waals surface area (Å²) in [6, 6.07) is 17.6. The third-order valence-electron chi connectivity index (χ3n) is 5.42. The van der Waals surface area contributed by atoms with Crippen molar-refractivity contribution in [1.29, 1.82) is 0 Å². The van der Waals surface area contributed by atoms with Gasteiger partial charge >= 0.3 is 5.97 Å². The van der Waals surface area contributed by atoms with Crippen LogP contribution in [0.15, 0.2) is 66.9 Å². The Bertz CT molecular complexity index is 1480. The molecule has 0 N–H and O–H groups in total. The summed E-state index contributed by atoms with van der Waals surface area (Å²) in [5.41, 5.74) is 4.33. The van der Waals surface area contributed by atoms with E-state index in [0.717, 1.165) is 5.56 Å². The third-order valence-corrected chi connectivity index (χ3v) is 5.42. The maximum Gasteiger partial charge on any atom is 0.339 e. The number of ether oxygens (including phenoxy) is 1. The fourth-order valence-corrected chi connectivity index (χ4v) is 3.90. The lowest BCUT2D eigenvalue weighted by atomic mass is 10.1. The number of carbonyl (C=O) groups is 1. The molecule has 0 atom stereocenters. The van der Waals surface area contributed by atoms with Gasteiger partial charge < -0.3 is 4.74 Å². The van der Waals surface area contributed by atoms with E-state index in [4.69, 9.17) is 9.72 Å². The average Bonchev–Trinajstić information content (AvgIpc) is 3.12. The van der Waals surface area contributed by atoms with Crippen LogP contribution in [0.1, 0.15) is 21.6 Å². The quantitative estimate of drug-likeness (QED) is 0.379. The second-order valence-electron chi connectivity index (χ2n) is 7.51. The second kappa shape index (κ2) is 7.85. The zero-order valence-corrected chi connectivity index (χ0v) is 17.5. The standard InChI is InChI=1S/C25H19FN4O2/c1-15-22-19(13-21(16-7-4-3-5-8-16)28-24(22)30(2)29-15)25(31)32-14-17-10-11-20(26)18-9-6-12-27-23(17)18/h3-13H,14H2,1-2H3. The molecule has 0 bridgehead atoms. The first-order chi connectivity index (χ1) is 15.5. The predicted octanol–water partition coefficient (Wildman–Crippen LogP) is 4.99. The molecule has 0 unspecified atom stereocenters. The lowest BCUT2D eigenvalue weighted by molar-refractivity contribution is 0.0476. The van der Waals surface area contributed by atoms with E-state index in [1.807, 2.05) is 37.3 Å². The summed E-state index contributed by atoms with van der Waals surface area (Å²) in [5, 5.41) is 5.47. The molecule has 0 saturated carbocycles. The smallest absolute Gasteiger partial charge is 0.339 e. The van der Waals surface area contributed by atoms with E-state index in [0.29, 0.717) is 44.5 Å². The van der Waals surface area contributed by atoms with Crippen molar-refractivity contribution in [3.63, 3.8) is 0 Å². The van der Waals surface area contributed by atoms with Gasteiger partial charge in [-0.1, -0.05) is 36.4 Å². The molecular weight excluding hydrogens is 407 g/mol. The van der Waals surface area contributed by atoms with Crippen LogP contribution in [0.5, 0.6) is 0 Å². The van der Waals surface area contributed by atoms with Crippen molar-refractivity contribution in [1.82, 2.24) is 19.7 Å². The molecule has 5 aromatic rings. The second-order valence-corrected chi connectivity index (χ2v) is 7.51. The summed E-state index contributed by atoms with van der Waals surface area (Å²) in [6.07, 6.45) is 1.59. The minimum Gasteiger partial charge on any atom is -0.457 e. The van der Waals surface area contributed by atoms with Gasteiger partial charge in [0.1, 0.15) is 12.4 Å². The number of hydrogen-bond acceptors (Lipinski definition) is 5. The highest BCUT2D eigenvalue weighted by molar-refractivity contribution is 6.05. The molecule has 5 rings (SSSR count). The van der Waals surface area contributed by atoms with Crippen molar-refractivity contribution in [3.8, 4) is 11.3 Å². The topological polar surface area (TPSA) is 69.9 Å². The highest BCUT2D eigenvalue weighted by atomic mass is 19.1. The van der Waals surface area contributed by atoms with Gasteiger partial charge in [0.25, 0.3) is 0 Å². The normalized spacial score (nSPS) is 11.2. The molecule has 7 heteroatoms. The molecule has 0 saturated heterocycles. The molecule has 0 aliphatic carbocycles. The van der Waals surface area contributed by atoms with Crippen LogP contribution in [0.2, 0.25) is 0 Å². The van der Waals surface area contributed by atoms with Crippen molar-refractivity contribution in [3.05, 3.63) is 89.5 Å². The van der Waals surface area contributed by atoms with Crippen molar-refractivity contribution >= 4 is 27.9 Å². The van der Waals surface area contributed by atoms with Gasteiger partial charge in [0.15, 0.2) is 5.65 Å². The first-order valence-corrected chi connectivity index (χ1v) is 10.1. The number of nitrogens with zero attached hydrogens (tertiary/aromatic N) is 4. The first-order valence-electron chi connectivity index (χ1n) is 10.1. The maximum atomic E-state index is 14.1. The predicted molar refractivity (Wildman–Crippen MR) is 120 cm³/mol. The molecule has 2 aromatic carbocycles. The van der Waals surface area contributed by atoms with Gasteiger partial charge in [-0.3, -0.25) is 9.67 Å². The molecule has 0 aliphatic heterocycles. The molecule has 32 heavy (non-hydrogen) atoms. The summed E-state index contributed by atoms with van der Waals surface area (Å²) in [6.45, 7) is 1.80. The number of halogens is 1. The Morgan fingerprint density at radius 3 is 2.72 bits per heavy atom. The zero-order valence-electron chi connectivity index (χ0n) is 17.5. The number of fused-ring (bicyclic) bond motifs is 2. The van der Waals surface area contributed by atoms with Gasteiger partial charge in [0.05, 0.1) is 27.9 Å². The van der Waals surface area contributed by atoms with Gasteiger partial charge in [-0.15, -0.1) is 0 Å². The number of benzene rings is 2. The summed E-state index contributed by atoms with van der Waals surface area (Å²) < 4.78 is 21.4. The van der Waals surface area contributed by atoms with E-state index in [1.54, 1.807) is 42.2 Å². The Labute approximate surface area is 183 Å². The number of aromatic nitrogens is 4. The van der Waals surface area contributed by atoms with Gasteiger partial charge in [0, 0.05) is 29.8 Å². The van der Waals surface area contributed by atoms with E-state index >= 15 is 0 Å². The minimum absolute atomic E-state index is 0.0313. The van der Waals surface area contributed by atoms with Gasteiger partial charge in [-0.25, -0.2) is 14.2 Å². The van der Waals surface area contributed by atoms with Crippen molar-refractivity contribution in [2.75, 3.05) is 0 Å². The Kier molecular flexibility index (Phi) is 4.86. The van der Waals surface area contributed by atoms with Crippen LogP contribution in [0.4, 0.5) is 4.39 Å². The van der Waals surface area contributed by atoms with E-state index in [2.05, 4.69) is 10.1 Å². The highest BCUT2D eigenvalue weighted by Crippen LogP contribution is 2.28. The highest BCUT2D eigenvalue weighted by Gasteiger charge is 2.21. The van der Waals surface area contributed by atoms with Crippen LogP contribution in [0.3, 0.4) is 0 Å². The molecule has 6 nitrogen and oxygen atoms in total. The molecule has 158 valence electrons. The van der Waals surface area contributed by atoms with Crippen LogP contribution in [-0.4, -0.2) is 25.7 Å². The summed E-state index contributed by atoms with van der Waals surface area (Å²) in [5.74, 6) is -0.864.